The molecule has 15 heavy (non-hydrogen) atoms. The van der Waals surface area contributed by atoms with Crippen molar-refractivity contribution in [3.63, 3.8) is 0 Å². The number of carboxylic acids is 1. The van der Waals surface area contributed by atoms with E-state index in [1.807, 2.05) is 0 Å². The molecule has 0 aliphatic heterocycles. The number of hydrogen-bond donors (Lipinski definition) is 5. The minimum Gasteiger partial charge on any atom is -0.478 e. The van der Waals surface area contributed by atoms with Crippen LogP contribution in [0.1, 0.15) is 6.92 Å². The fraction of sp³-hybridized carbons (Fsp3) is 0.400. The zero-order valence-electron chi connectivity index (χ0n) is 7.51. The van der Waals surface area contributed by atoms with Crippen molar-refractivity contribution in [2.75, 3.05) is 0 Å². The van der Waals surface area contributed by atoms with Crippen molar-refractivity contribution in [1.29, 1.82) is 0 Å². The molecule has 0 fully saturated rings. The molecule has 0 bridgehead atoms. The number of carbonyl (C=O) groups is 1. The van der Waals surface area contributed by atoms with Crippen LogP contribution in [0.25, 0.3) is 0 Å². The Labute approximate surface area is 84.6 Å². The third kappa shape index (κ3) is 4.70. The zero-order chi connectivity index (χ0) is 12.4. The number of hydrogen-bond acceptors (Lipinski definition) is 3. The molecule has 0 aromatic rings. The van der Waals surface area contributed by atoms with E-state index in [0.717, 1.165) is 6.92 Å². The van der Waals surface area contributed by atoms with Crippen molar-refractivity contribution in [1.82, 2.24) is 0 Å². The van der Waals surface area contributed by atoms with E-state index in [4.69, 9.17) is 24.7 Å². The quantitative estimate of drug-likeness (QED) is 0.341. The molecule has 0 spiro atoms. The van der Waals surface area contributed by atoms with Gasteiger partial charge in [0, 0.05) is 6.08 Å². The highest BCUT2D eigenvalue weighted by Gasteiger charge is 2.44. The molecule has 0 amide bonds. The summed E-state index contributed by atoms with van der Waals surface area (Å²) < 4.78 is 21.5. The Hall–Kier alpha value is -0.490. The predicted octanol–water partition coefficient (Wildman–Crippen LogP) is -0.301. The average molecular weight is 260 g/mol. The molecule has 8 nitrogen and oxygen atoms in total. The monoisotopic (exact) mass is 260 g/mol. The van der Waals surface area contributed by atoms with Crippen LogP contribution < -0.4 is 0 Å². The maximum atomic E-state index is 10.8. The molecule has 0 aromatic carbocycles. The first-order valence-electron chi connectivity index (χ1n) is 3.48. The Balaban J connectivity index is 5.45. The first kappa shape index (κ1) is 14.5. The van der Waals surface area contributed by atoms with Crippen molar-refractivity contribution < 1.29 is 38.6 Å². The topological polar surface area (TPSA) is 152 Å². The van der Waals surface area contributed by atoms with Gasteiger partial charge in [0.15, 0.2) is 5.40 Å². The lowest BCUT2D eigenvalue weighted by Gasteiger charge is -2.19. The van der Waals surface area contributed by atoms with Crippen LogP contribution in [0.4, 0.5) is 0 Å². The first-order valence-corrected chi connectivity index (χ1v) is 6.84. The van der Waals surface area contributed by atoms with Crippen LogP contribution in [0.3, 0.4) is 0 Å². The van der Waals surface area contributed by atoms with E-state index < -0.39 is 32.1 Å². The fourth-order valence-electron chi connectivity index (χ4n) is 0.996. The van der Waals surface area contributed by atoms with Gasteiger partial charge in [-0.05, 0) is 12.5 Å². The lowest BCUT2D eigenvalue weighted by molar-refractivity contribution is -0.131. The smallest absolute Gasteiger partial charge is 0.344 e. The van der Waals surface area contributed by atoms with Gasteiger partial charge in [0.2, 0.25) is 0 Å². The molecule has 10 heteroatoms. The van der Waals surface area contributed by atoms with Crippen LogP contribution >= 0.6 is 15.2 Å². The van der Waals surface area contributed by atoms with Crippen LogP contribution in [0.2, 0.25) is 0 Å². The number of rotatable bonds is 4. The highest BCUT2D eigenvalue weighted by molar-refractivity contribution is 7.71. The van der Waals surface area contributed by atoms with Gasteiger partial charge < -0.3 is 24.7 Å². The van der Waals surface area contributed by atoms with Gasteiger partial charge in [-0.25, -0.2) is 4.79 Å². The standard InChI is InChI=1S/C5H10O8P2/c1-3(2-4(6)7)5(14(8,9)10)15(11,12)13/h2,5H,1H3,(H,6,7)(H2,8,9,10)(H2,11,12,13). The molecule has 0 aliphatic rings. The van der Waals surface area contributed by atoms with Gasteiger partial charge in [-0.3, -0.25) is 9.13 Å². The summed E-state index contributed by atoms with van der Waals surface area (Å²) in [5, 5.41) is 5.88. The molecule has 0 heterocycles. The Kier molecular flexibility index (Phi) is 4.42. The van der Waals surface area contributed by atoms with Crippen LogP contribution in [0.5, 0.6) is 0 Å². The van der Waals surface area contributed by atoms with Crippen molar-refractivity contribution in [3.05, 3.63) is 11.6 Å². The molecule has 0 aromatic heterocycles. The summed E-state index contributed by atoms with van der Waals surface area (Å²) in [6.45, 7) is 0.928. The van der Waals surface area contributed by atoms with Crippen LogP contribution in [-0.2, 0) is 13.9 Å². The first-order chi connectivity index (χ1) is 6.46. The van der Waals surface area contributed by atoms with Gasteiger partial charge in [0.05, 0.1) is 0 Å². The van der Waals surface area contributed by atoms with Gasteiger partial charge in [0.1, 0.15) is 0 Å². The Morgan fingerprint density at radius 2 is 1.47 bits per heavy atom. The molecule has 0 unspecified atom stereocenters. The zero-order valence-corrected chi connectivity index (χ0v) is 9.30. The van der Waals surface area contributed by atoms with E-state index in [-0.39, 0.29) is 0 Å². The van der Waals surface area contributed by atoms with E-state index in [9.17, 15) is 13.9 Å². The minimum atomic E-state index is -5.10. The van der Waals surface area contributed by atoms with Crippen molar-refractivity contribution in [2.24, 2.45) is 0 Å². The van der Waals surface area contributed by atoms with E-state index in [2.05, 4.69) is 0 Å². The van der Waals surface area contributed by atoms with Crippen molar-refractivity contribution in [3.8, 4) is 0 Å². The summed E-state index contributed by atoms with van der Waals surface area (Å²) in [5.74, 6) is -1.54. The molecule has 0 atom stereocenters. The summed E-state index contributed by atoms with van der Waals surface area (Å²) in [6.07, 6.45) is 0.350. The second-order valence-electron chi connectivity index (χ2n) is 2.78. The molecule has 0 aliphatic carbocycles. The lowest BCUT2D eigenvalue weighted by atomic mass is 10.3. The third-order valence-corrected chi connectivity index (χ3v) is 5.29. The maximum absolute atomic E-state index is 10.8. The largest absolute Gasteiger partial charge is 0.478 e. The van der Waals surface area contributed by atoms with Crippen molar-refractivity contribution in [2.45, 2.75) is 12.3 Å². The Morgan fingerprint density at radius 3 is 1.67 bits per heavy atom. The van der Waals surface area contributed by atoms with Gasteiger partial charge in [-0.15, -0.1) is 0 Å². The summed E-state index contributed by atoms with van der Waals surface area (Å²) in [4.78, 5) is 44.9. The van der Waals surface area contributed by atoms with E-state index in [0.29, 0.717) is 6.08 Å². The highest BCUT2D eigenvalue weighted by atomic mass is 31.2. The fourth-order valence-corrected chi connectivity index (χ4v) is 3.77. The molecule has 5 N–H and O–H groups in total. The minimum absolute atomic E-state index is 0.350. The van der Waals surface area contributed by atoms with Gasteiger partial charge in [-0.1, -0.05) is 0 Å². The van der Waals surface area contributed by atoms with E-state index >= 15 is 0 Å². The van der Waals surface area contributed by atoms with E-state index in [1.165, 1.54) is 0 Å². The molecule has 0 saturated carbocycles. The molecule has 0 rings (SSSR count). The predicted molar refractivity (Wildman–Crippen MR) is 49.3 cm³/mol. The average Bonchev–Trinajstić information content (AvgIpc) is 1.74. The SMILES string of the molecule is CC(=CC(=O)O)C(P(=O)(O)O)P(=O)(O)O. The Morgan fingerprint density at radius 1 is 1.13 bits per heavy atom. The molecule has 0 radical (unpaired) electrons. The number of carboxylic acid groups (broad SMARTS) is 1. The van der Waals surface area contributed by atoms with E-state index in [1.54, 1.807) is 0 Å². The third-order valence-electron chi connectivity index (χ3n) is 1.40. The van der Waals surface area contributed by atoms with Gasteiger partial charge >= 0.3 is 21.2 Å². The summed E-state index contributed by atoms with van der Waals surface area (Å²) in [7, 11) is -10.2. The summed E-state index contributed by atoms with van der Waals surface area (Å²) >= 11 is 0. The lowest BCUT2D eigenvalue weighted by Crippen LogP contribution is -2.12. The summed E-state index contributed by atoms with van der Waals surface area (Å²) in [6, 6.07) is 0. The van der Waals surface area contributed by atoms with Gasteiger partial charge in [0.25, 0.3) is 0 Å². The molecule has 88 valence electrons. The Bertz CT molecular complexity index is 350. The number of allylic oxidation sites excluding steroid dienone is 1. The van der Waals surface area contributed by atoms with Crippen LogP contribution in [0.15, 0.2) is 11.6 Å². The second-order valence-corrected chi connectivity index (χ2v) is 6.57. The maximum Gasteiger partial charge on any atom is 0.344 e. The molecular weight excluding hydrogens is 250 g/mol. The number of aliphatic carboxylic acids is 1. The van der Waals surface area contributed by atoms with Crippen LogP contribution in [0, 0.1) is 0 Å². The highest BCUT2D eigenvalue weighted by Crippen LogP contribution is 2.62. The molecular formula is C5H10O8P2. The van der Waals surface area contributed by atoms with Crippen molar-refractivity contribution >= 4 is 21.2 Å². The summed E-state index contributed by atoms with van der Waals surface area (Å²) in [5.41, 5.74) is -0.579. The van der Waals surface area contributed by atoms with Gasteiger partial charge in [-0.2, -0.15) is 0 Å². The second kappa shape index (κ2) is 4.57. The normalized spacial score (nSPS) is 14.4. The molecule has 0 saturated heterocycles. The van der Waals surface area contributed by atoms with Crippen LogP contribution in [-0.4, -0.2) is 36.0 Å².